The first-order valence-corrected chi connectivity index (χ1v) is 11.8. The molecule has 0 heterocycles. The number of aliphatic carboxylic acids is 3. The number of hydrogen-bond donors (Lipinski definition) is 9. The molecule has 0 saturated heterocycles. The number of unbranched alkanes of at least 4 members (excludes halogenated alkanes) is 2. The van der Waals surface area contributed by atoms with Crippen LogP contribution in [0.4, 0.5) is 9.59 Å². The number of carboxylic acids is 3. The quantitative estimate of drug-likeness (QED) is 0.0439. The minimum Gasteiger partial charge on any atom is -0.481 e. The van der Waals surface area contributed by atoms with E-state index in [0.717, 1.165) is 0 Å². The van der Waals surface area contributed by atoms with Gasteiger partial charge in [-0.15, -0.1) is 0 Å². The Balaban J connectivity index is 4.18. The van der Waals surface area contributed by atoms with E-state index in [1.807, 2.05) is 0 Å². The van der Waals surface area contributed by atoms with Gasteiger partial charge in [0.1, 0.15) is 12.1 Å². The van der Waals surface area contributed by atoms with Crippen LogP contribution in [0.1, 0.15) is 51.4 Å². The smallest absolute Gasteiger partial charge is 0.326 e. The van der Waals surface area contributed by atoms with E-state index in [4.69, 9.17) is 25.8 Å². The fourth-order valence-corrected chi connectivity index (χ4v) is 3.02. The first-order chi connectivity index (χ1) is 18.0. The fraction of sp³-hybridized carbons (Fsp3) is 0.667. The molecule has 0 aromatic carbocycles. The van der Waals surface area contributed by atoms with Gasteiger partial charge in [0.05, 0.1) is 6.54 Å². The van der Waals surface area contributed by atoms with Gasteiger partial charge in [0.2, 0.25) is 5.91 Å². The van der Waals surface area contributed by atoms with E-state index in [0.29, 0.717) is 25.7 Å². The summed E-state index contributed by atoms with van der Waals surface area (Å²) in [7, 11) is 0. The van der Waals surface area contributed by atoms with Crippen molar-refractivity contribution in [3.8, 4) is 0 Å². The van der Waals surface area contributed by atoms with E-state index in [-0.39, 0.29) is 45.4 Å². The van der Waals surface area contributed by atoms with E-state index in [1.165, 1.54) is 0 Å². The molecule has 0 aromatic rings. The van der Waals surface area contributed by atoms with Gasteiger partial charge in [0, 0.05) is 25.9 Å². The molecule has 216 valence electrons. The van der Waals surface area contributed by atoms with Gasteiger partial charge in [0.15, 0.2) is 6.23 Å². The van der Waals surface area contributed by atoms with Crippen LogP contribution in [0, 0.1) is 0 Å². The zero-order valence-corrected chi connectivity index (χ0v) is 20.8. The Morgan fingerprint density at radius 1 is 0.737 bits per heavy atom. The zero-order chi connectivity index (χ0) is 28.9. The standard InChI is InChI=1S/C21H36N6O11/c22-11-15(29)25-13(18(32)33)5-1-3-9-23-20(36)24-10-4-2-6-16(38-12-28)27-21(37)26-14(19(34)35)7-8-17(30)31/h12-14,16H,1-11,22H2,(H,25,29)(H,30,31)(H,32,33)(H,34,35)(H2,23,24,36)(H2,26,27,37)/t13?,14-,16+/m0/s1. The van der Waals surface area contributed by atoms with Crippen molar-refractivity contribution in [3.05, 3.63) is 0 Å². The van der Waals surface area contributed by atoms with Gasteiger partial charge in [-0.2, -0.15) is 0 Å². The molecule has 0 saturated carbocycles. The molecule has 10 N–H and O–H groups in total. The molecule has 0 bridgehead atoms. The van der Waals surface area contributed by atoms with Gasteiger partial charge in [-0.25, -0.2) is 19.2 Å². The van der Waals surface area contributed by atoms with Crippen LogP contribution in [0.3, 0.4) is 0 Å². The third-order valence-electron chi connectivity index (χ3n) is 4.96. The minimum absolute atomic E-state index is 0.112. The van der Waals surface area contributed by atoms with Crippen LogP contribution in [-0.4, -0.2) is 95.6 Å². The normalized spacial score (nSPS) is 12.7. The molecule has 0 aliphatic heterocycles. The molecule has 0 rings (SSSR count). The van der Waals surface area contributed by atoms with Gasteiger partial charge in [-0.1, -0.05) is 0 Å². The lowest BCUT2D eigenvalue weighted by Crippen LogP contribution is -2.49. The average molecular weight is 549 g/mol. The molecule has 0 radical (unpaired) electrons. The van der Waals surface area contributed by atoms with E-state index in [2.05, 4.69) is 26.6 Å². The van der Waals surface area contributed by atoms with Crippen molar-refractivity contribution in [2.24, 2.45) is 5.73 Å². The third-order valence-corrected chi connectivity index (χ3v) is 4.96. The Bertz CT molecular complexity index is 811. The largest absolute Gasteiger partial charge is 0.481 e. The van der Waals surface area contributed by atoms with Crippen LogP contribution in [0.25, 0.3) is 0 Å². The van der Waals surface area contributed by atoms with E-state index < -0.39 is 60.6 Å². The molecule has 0 fully saturated rings. The van der Waals surface area contributed by atoms with Crippen LogP contribution in [-0.2, 0) is 28.7 Å². The Morgan fingerprint density at radius 3 is 1.79 bits per heavy atom. The molecule has 0 aliphatic carbocycles. The molecule has 17 nitrogen and oxygen atoms in total. The number of amides is 5. The number of carbonyl (C=O) groups excluding carboxylic acids is 4. The molecule has 0 aliphatic rings. The summed E-state index contributed by atoms with van der Waals surface area (Å²) in [5.74, 6) is -4.38. The van der Waals surface area contributed by atoms with Crippen LogP contribution in [0.15, 0.2) is 0 Å². The van der Waals surface area contributed by atoms with Gasteiger partial charge in [0.25, 0.3) is 6.47 Å². The number of urea groups is 2. The summed E-state index contributed by atoms with van der Waals surface area (Å²) in [6, 6.07) is -3.90. The molecule has 17 heteroatoms. The number of rotatable bonds is 21. The summed E-state index contributed by atoms with van der Waals surface area (Å²) in [4.78, 5) is 78.6. The Labute approximate surface area is 218 Å². The van der Waals surface area contributed by atoms with Crippen LogP contribution < -0.4 is 32.3 Å². The molecule has 1 unspecified atom stereocenters. The van der Waals surface area contributed by atoms with Gasteiger partial charge < -0.3 is 52.4 Å². The van der Waals surface area contributed by atoms with Crippen LogP contribution in [0.5, 0.6) is 0 Å². The van der Waals surface area contributed by atoms with E-state index in [1.54, 1.807) is 0 Å². The maximum Gasteiger partial charge on any atom is 0.326 e. The number of carboxylic acid groups (broad SMARTS) is 3. The number of ether oxygens (including phenoxy) is 1. The summed E-state index contributed by atoms with van der Waals surface area (Å²) in [5, 5.41) is 38.7. The van der Waals surface area contributed by atoms with Crippen molar-refractivity contribution in [3.63, 3.8) is 0 Å². The SMILES string of the molecule is NCC(=O)NC(CCCCNC(=O)NCCCC[C@H](NC(=O)N[C@@H](CCC(=O)O)C(=O)O)OC=O)C(=O)O. The maximum atomic E-state index is 12.0. The third kappa shape index (κ3) is 17.3. The molecule has 0 spiro atoms. The minimum atomic E-state index is -1.44. The summed E-state index contributed by atoms with van der Waals surface area (Å²) >= 11 is 0. The Morgan fingerprint density at radius 2 is 1.29 bits per heavy atom. The van der Waals surface area contributed by atoms with Crippen LogP contribution >= 0.6 is 0 Å². The topological polar surface area (TPSA) is 276 Å². The molecule has 3 atom stereocenters. The zero-order valence-electron chi connectivity index (χ0n) is 20.8. The average Bonchev–Trinajstić information content (AvgIpc) is 2.84. The first-order valence-electron chi connectivity index (χ1n) is 11.8. The highest BCUT2D eigenvalue weighted by atomic mass is 16.5. The van der Waals surface area contributed by atoms with E-state index in [9.17, 15) is 33.6 Å². The lowest BCUT2D eigenvalue weighted by Gasteiger charge is -2.19. The lowest BCUT2D eigenvalue weighted by atomic mass is 10.1. The van der Waals surface area contributed by atoms with Crippen molar-refractivity contribution in [2.75, 3.05) is 19.6 Å². The van der Waals surface area contributed by atoms with Crippen molar-refractivity contribution >= 4 is 42.3 Å². The Hall–Kier alpha value is -4.15. The highest BCUT2D eigenvalue weighted by Crippen LogP contribution is 2.04. The second-order valence-corrected chi connectivity index (χ2v) is 8.00. The summed E-state index contributed by atoms with van der Waals surface area (Å²) in [6.07, 6.45) is 0.249. The number of nitrogens with one attached hydrogen (secondary N) is 5. The lowest BCUT2D eigenvalue weighted by molar-refractivity contribution is -0.142. The predicted octanol–water partition coefficient (Wildman–Crippen LogP) is -1.73. The van der Waals surface area contributed by atoms with Crippen molar-refractivity contribution in [1.29, 1.82) is 0 Å². The maximum absolute atomic E-state index is 12.0. The van der Waals surface area contributed by atoms with Crippen LogP contribution in [0.2, 0.25) is 0 Å². The molecular formula is C21H36N6O11. The molecular weight excluding hydrogens is 512 g/mol. The first kappa shape index (κ1) is 33.8. The summed E-state index contributed by atoms with van der Waals surface area (Å²) in [6.45, 7) is 0.335. The number of nitrogens with two attached hydrogens (primary N) is 1. The van der Waals surface area contributed by atoms with Gasteiger partial charge in [-0.3, -0.25) is 14.4 Å². The van der Waals surface area contributed by atoms with Gasteiger partial charge >= 0.3 is 30.0 Å². The summed E-state index contributed by atoms with van der Waals surface area (Å²) < 4.78 is 4.76. The fourth-order valence-electron chi connectivity index (χ4n) is 3.02. The Kier molecular flexibility index (Phi) is 17.8. The van der Waals surface area contributed by atoms with Crippen molar-refractivity contribution in [1.82, 2.24) is 26.6 Å². The highest BCUT2D eigenvalue weighted by molar-refractivity contribution is 5.84. The van der Waals surface area contributed by atoms with E-state index >= 15 is 0 Å². The molecule has 5 amide bonds. The number of carbonyl (C=O) groups is 7. The summed E-state index contributed by atoms with van der Waals surface area (Å²) in [5.41, 5.74) is 5.15. The van der Waals surface area contributed by atoms with Crippen molar-refractivity contribution < 1.29 is 53.6 Å². The highest BCUT2D eigenvalue weighted by Gasteiger charge is 2.23. The monoisotopic (exact) mass is 548 g/mol. The number of hydrogen-bond acceptors (Lipinski definition) is 9. The van der Waals surface area contributed by atoms with Crippen molar-refractivity contribution in [2.45, 2.75) is 69.7 Å². The predicted molar refractivity (Wildman–Crippen MR) is 129 cm³/mol. The second-order valence-electron chi connectivity index (χ2n) is 8.00. The van der Waals surface area contributed by atoms with Gasteiger partial charge in [-0.05, 0) is 38.5 Å². The molecule has 0 aromatic heterocycles. The molecule has 38 heavy (non-hydrogen) atoms. The second kappa shape index (κ2) is 20.0.